The highest BCUT2D eigenvalue weighted by Crippen LogP contribution is 2.27. The fraction of sp³-hybridized carbons (Fsp3) is 0.182. The van der Waals surface area contributed by atoms with Gasteiger partial charge in [0.1, 0.15) is 11.3 Å². The summed E-state index contributed by atoms with van der Waals surface area (Å²) >= 11 is 0. The van der Waals surface area contributed by atoms with Gasteiger partial charge in [0.15, 0.2) is 17.3 Å². The number of nitrogens with one attached hydrogen (secondary N) is 2. The second kappa shape index (κ2) is 7.82. The molecule has 0 fully saturated rings. The van der Waals surface area contributed by atoms with Gasteiger partial charge < -0.3 is 15.4 Å². The molecule has 8 nitrogen and oxygen atoms in total. The van der Waals surface area contributed by atoms with Crippen LogP contribution in [0.3, 0.4) is 0 Å². The number of nitrogens with zero attached hydrogens (tertiary/aromatic N) is 3. The van der Waals surface area contributed by atoms with Crippen LogP contribution in [-0.4, -0.2) is 31.0 Å². The number of anilines is 1. The summed E-state index contributed by atoms with van der Waals surface area (Å²) in [6.07, 6.45) is 2.39. The van der Waals surface area contributed by atoms with Crippen LogP contribution in [0.2, 0.25) is 0 Å². The van der Waals surface area contributed by atoms with E-state index in [0.717, 1.165) is 12.0 Å². The number of benzene rings is 2. The molecule has 0 saturated heterocycles. The van der Waals surface area contributed by atoms with Crippen molar-refractivity contribution in [2.24, 2.45) is 5.92 Å². The number of aromatic amines is 1. The zero-order valence-corrected chi connectivity index (χ0v) is 16.5. The molecule has 0 aliphatic rings. The molecule has 0 aliphatic heterocycles. The van der Waals surface area contributed by atoms with Crippen LogP contribution in [0.15, 0.2) is 53.3 Å². The fourth-order valence-electron chi connectivity index (χ4n) is 3.46. The zero-order valence-electron chi connectivity index (χ0n) is 16.5. The first-order valence-corrected chi connectivity index (χ1v) is 9.51. The van der Waals surface area contributed by atoms with E-state index in [1.165, 1.54) is 16.7 Å². The van der Waals surface area contributed by atoms with Crippen molar-refractivity contribution in [2.45, 2.75) is 20.3 Å². The summed E-state index contributed by atoms with van der Waals surface area (Å²) in [6, 6.07) is 14.1. The molecule has 0 saturated carbocycles. The highest BCUT2D eigenvalue weighted by molar-refractivity contribution is 5.91. The van der Waals surface area contributed by atoms with Gasteiger partial charge in [0.2, 0.25) is 0 Å². The highest BCUT2D eigenvalue weighted by Gasteiger charge is 2.19. The number of aromatic nitrogens is 4. The summed E-state index contributed by atoms with van der Waals surface area (Å²) in [5, 5.41) is 12.2. The van der Waals surface area contributed by atoms with Gasteiger partial charge in [-0.3, -0.25) is 4.79 Å². The van der Waals surface area contributed by atoms with Crippen LogP contribution in [0.4, 0.5) is 5.82 Å². The Labute approximate surface area is 172 Å². The largest absolute Gasteiger partial charge is 0.508 e. The van der Waals surface area contributed by atoms with Crippen molar-refractivity contribution in [3.05, 3.63) is 64.6 Å². The number of aromatic hydroxyl groups is 1. The summed E-state index contributed by atoms with van der Waals surface area (Å²) in [5.74, 6) is 0.837. The standard InChI is InChI=1S/C22H20N5O3/c1-13(2)10-14-6-3-4-9-17(14)27-21-18(24-22(27)30)20(23-12-28)25-19(26-21)15-7-5-8-16(29)11-15/h3-9,11,13,29H,10H2,1-2H3,(H,24,30)(H,23,25,26,28). The maximum atomic E-state index is 12.9. The highest BCUT2D eigenvalue weighted by atomic mass is 16.3. The summed E-state index contributed by atoms with van der Waals surface area (Å²) < 4.78 is 1.48. The first-order valence-electron chi connectivity index (χ1n) is 9.51. The maximum absolute atomic E-state index is 12.9. The molecular formula is C22H20N5O3. The topological polar surface area (TPSA) is 113 Å². The molecule has 1 radical (unpaired) electrons. The molecule has 2 aromatic heterocycles. The molecule has 1 amide bonds. The molecule has 2 heterocycles. The van der Waals surface area contributed by atoms with Gasteiger partial charge in [-0.2, -0.15) is 0 Å². The van der Waals surface area contributed by atoms with Crippen LogP contribution in [0.5, 0.6) is 5.75 Å². The third-order valence-corrected chi connectivity index (χ3v) is 4.67. The molecule has 4 aromatic rings. The van der Waals surface area contributed by atoms with E-state index in [9.17, 15) is 14.7 Å². The number of rotatable bonds is 6. The zero-order chi connectivity index (χ0) is 21.3. The van der Waals surface area contributed by atoms with Crippen molar-refractivity contribution < 1.29 is 9.90 Å². The Kier molecular flexibility index (Phi) is 5.05. The van der Waals surface area contributed by atoms with E-state index in [1.807, 2.05) is 24.3 Å². The van der Waals surface area contributed by atoms with Gasteiger partial charge in [0, 0.05) is 5.56 Å². The lowest BCUT2D eigenvalue weighted by Gasteiger charge is -2.12. The number of fused-ring (bicyclic) bond motifs is 1. The van der Waals surface area contributed by atoms with Crippen molar-refractivity contribution in [2.75, 3.05) is 5.32 Å². The van der Waals surface area contributed by atoms with Crippen LogP contribution in [0.25, 0.3) is 28.2 Å². The van der Waals surface area contributed by atoms with E-state index >= 15 is 0 Å². The normalized spacial score (nSPS) is 11.2. The SMILES string of the molecule is CC(C)Cc1ccccc1-n1c(=O)[nH]c2c(N[C]=O)nc(-c3cccc(O)c3)nc21. The minimum Gasteiger partial charge on any atom is -0.508 e. The van der Waals surface area contributed by atoms with Crippen molar-refractivity contribution in [1.29, 1.82) is 0 Å². The Morgan fingerprint density at radius 3 is 2.70 bits per heavy atom. The Balaban J connectivity index is 2.02. The van der Waals surface area contributed by atoms with Crippen molar-refractivity contribution >= 4 is 23.4 Å². The van der Waals surface area contributed by atoms with E-state index in [4.69, 9.17) is 0 Å². The molecule has 30 heavy (non-hydrogen) atoms. The molecule has 0 unspecified atom stereocenters. The number of phenolic OH excluding ortho intramolecular Hbond substituents is 1. The van der Waals surface area contributed by atoms with Gasteiger partial charge in [0.05, 0.1) is 5.69 Å². The summed E-state index contributed by atoms with van der Waals surface area (Å²) in [6.45, 7) is 4.22. The summed E-state index contributed by atoms with van der Waals surface area (Å²) in [7, 11) is 0. The number of para-hydroxylation sites is 1. The molecule has 4 rings (SSSR count). The van der Waals surface area contributed by atoms with Crippen LogP contribution in [0.1, 0.15) is 19.4 Å². The van der Waals surface area contributed by atoms with E-state index < -0.39 is 5.69 Å². The number of hydrogen-bond donors (Lipinski definition) is 3. The summed E-state index contributed by atoms with van der Waals surface area (Å²) in [4.78, 5) is 35.6. The molecule has 0 atom stereocenters. The molecule has 2 aromatic carbocycles. The van der Waals surface area contributed by atoms with Crippen LogP contribution in [-0.2, 0) is 11.2 Å². The van der Waals surface area contributed by atoms with Crippen LogP contribution in [0, 0.1) is 5.92 Å². The first-order chi connectivity index (χ1) is 14.5. The molecule has 151 valence electrons. The number of hydrogen-bond acceptors (Lipinski definition) is 5. The predicted molar refractivity (Wildman–Crippen MR) is 114 cm³/mol. The van der Waals surface area contributed by atoms with Crippen LogP contribution >= 0.6 is 0 Å². The minimum absolute atomic E-state index is 0.0568. The Hall–Kier alpha value is -3.94. The van der Waals surface area contributed by atoms with Gasteiger partial charge in [-0.25, -0.2) is 19.3 Å². The first kappa shape index (κ1) is 19.4. The molecule has 0 aliphatic carbocycles. The Morgan fingerprint density at radius 2 is 1.97 bits per heavy atom. The minimum atomic E-state index is -0.391. The number of imidazole rings is 1. The third-order valence-electron chi connectivity index (χ3n) is 4.67. The lowest BCUT2D eigenvalue weighted by Crippen LogP contribution is -2.17. The second-order valence-electron chi connectivity index (χ2n) is 7.36. The van der Waals surface area contributed by atoms with Crippen molar-refractivity contribution in [1.82, 2.24) is 19.5 Å². The monoisotopic (exact) mass is 402 g/mol. The second-order valence-corrected chi connectivity index (χ2v) is 7.36. The van der Waals surface area contributed by atoms with Crippen LogP contribution < -0.4 is 11.0 Å². The smallest absolute Gasteiger partial charge is 0.332 e. The average Bonchev–Trinajstić information content (AvgIpc) is 3.04. The molecule has 0 spiro atoms. The van der Waals surface area contributed by atoms with Gasteiger partial charge in [-0.1, -0.05) is 44.2 Å². The number of amides is 1. The van der Waals surface area contributed by atoms with Gasteiger partial charge in [-0.15, -0.1) is 0 Å². The maximum Gasteiger partial charge on any atom is 0.332 e. The molecular weight excluding hydrogens is 382 g/mol. The van der Waals surface area contributed by atoms with Gasteiger partial charge >= 0.3 is 12.1 Å². The van der Waals surface area contributed by atoms with E-state index in [1.54, 1.807) is 18.5 Å². The molecule has 0 bridgehead atoms. The number of phenols is 1. The Morgan fingerprint density at radius 1 is 1.17 bits per heavy atom. The van der Waals surface area contributed by atoms with E-state index in [-0.39, 0.29) is 17.4 Å². The number of carbonyl (C=O) groups excluding carboxylic acids is 1. The number of H-pyrrole nitrogens is 1. The predicted octanol–water partition coefficient (Wildman–Crippen LogP) is 3.16. The quantitative estimate of drug-likeness (QED) is 0.429. The van der Waals surface area contributed by atoms with Gasteiger partial charge in [0.25, 0.3) is 0 Å². The molecule has 8 heteroatoms. The van der Waals surface area contributed by atoms with Gasteiger partial charge in [-0.05, 0) is 36.1 Å². The van der Waals surface area contributed by atoms with Crippen molar-refractivity contribution in [3.8, 4) is 22.8 Å². The lowest BCUT2D eigenvalue weighted by molar-refractivity contribution is 0.475. The summed E-state index contributed by atoms with van der Waals surface area (Å²) in [5.41, 5.74) is 2.49. The fourth-order valence-corrected chi connectivity index (χ4v) is 3.46. The van der Waals surface area contributed by atoms with E-state index in [2.05, 4.69) is 34.1 Å². The third kappa shape index (κ3) is 3.55. The van der Waals surface area contributed by atoms with E-state index in [0.29, 0.717) is 28.3 Å². The van der Waals surface area contributed by atoms with Crippen molar-refractivity contribution in [3.63, 3.8) is 0 Å². The lowest BCUT2D eigenvalue weighted by atomic mass is 10.0. The average molecular weight is 402 g/mol. The molecule has 3 N–H and O–H groups in total. The Bertz CT molecular complexity index is 1290.